The molecule has 1 N–H and O–H groups in total. The average Bonchev–Trinajstić information content (AvgIpc) is 3.21. The van der Waals surface area contributed by atoms with Gasteiger partial charge in [-0.3, -0.25) is 0 Å². The predicted molar refractivity (Wildman–Crippen MR) is 89.7 cm³/mol. The molecule has 23 heavy (non-hydrogen) atoms. The van der Waals surface area contributed by atoms with Gasteiger partial charge in [-0.2, -0.15) is 0 Å². The SMILES string of the molecule is O=C(O)c1ccc(-c2ccc(-c3nc4ccccc4s3)o2)cc1. The maximum absolute atomic E-state index is 10.9. The van der Waals surface area contributed by atoms with Crippen LogP contribution in [-0.2, 0) is 0 Å². The Morgan fingerprint density at radius 3 is 2.43 bits per heavy atom. The molecular formula is C18H11NO3S. The van der Waals surface area contributed by atoms with Crippen LogP contribution < -0.4 is 0 Å². The lowest BCUT2D eigenvalue weighted by Gasteiger charge is -1.98. The summed E-state index contributed by atoms with van der Waals surface area (Å²) in [6.45, 7) is 0. The fourth-order valence-electron chi connectivity index (χ4n) is 2.36. The second-order valence-corrected chi connectivity index (χ2v) is 6.06. The smallest absolute Gasteiger partial charge is 0.335 e. The number of carboxylic acid groups (broad SMARTS) is 1. The highest BCUT2D eigenvalue weighted by atomic mass is 32.1. The van der Waals surface area contributed by atoms with Crippen LogP contribution >= 0.6 is 11.3 Å². The van der Waals surface area contributed by atoms with E-state index in [1.165, 1.54) is 0 Å². The molecule has 0 aliphatic heterocycles. The molecule has 2 aromatic heterocycles. The number of aromatic carboxylic acids is 1. The van der Waals surface area contributed by atoms with Crippen LogP contribution in [0.25, 0.3) is 32.3 Å². The number of hydrogen-bond acceptors (Lipinski definition) is 4. The third-order valence-corrected chi connectivity index (χ3v) is 4.58. The molecule has 0 unspecified atom stereocenters. The van der Waals surface area contributed by atoms with Gasteiger partial charge in [-0.25, -0.2) is 9.78 Å². The van der Waals surface area contributed by atoms with E-state index in [4.69, 9.17) is 9.52 Å². The number of rotatable bonds is 3. The number of fused-ring (bicyclic) bond motifs is 1. The molecule has 0 bridgehead atoms. The molecule has 4 aromatic rings. The topological polar surface area (TPSA) is 63.3 Å². The summed E-state index contributed by atoms with van der Waals surface area (Å²) in [5.41, 5.74) is 2.05. The van der Waals surface area contributed by atoms with Crippen molar-refractivity contribution in [3.8, 4) is 22.1 Å². The summed E-state index contributed by atoms with van der Waals surface area (Å²) in [4.78, 5) is 15.5. The van der Waals surface area contributed by atoms with Crippen molar-refractivity contribution in [1.29, 1.82) is 0 Å². The minimum absolute atomic E-state index is 0.256. The molecule has 0 aliphatic rings. The third-order valence-electron chi connectivity index (χ3n) is 3.53. The molecule has 0 aliphatic carbocycles. The Labute approximate surface area is 135 Å². The van der Waals surface area contributed by atoms with Crippen LogP contribution in [-0.4, -0.2) is 16.1 Å². The lowest BCUT2D eigenvalue weighted by molar-refractivity contribution is 0.0697. The van der Waals surface area contributed by atoms with E-state index >= 15 is 0 Å². The predicted octanol–water partition coefficient (Wildman–Crippen LogP) is 4.92. The number of carbonyl (C=O) groups is 1. The summed E-state index contributed by atoms with van der Waals surface area (Å²) >= 11 is 1.58. The number of thiazole rings is 1. The maximum Gasteiger partial charge on any atom is 0.335 e. The molecular weight excluding hydrogens is 310 g/mol. The molecule has 0 atom stereocenters. The Morgan fingerprint density at radius 1 is 0.957 bits per heavy atom. The minimum atomic E-state index is -0.939. The summed E-state index contributed by atoms with van der Waals surface area (Å²) in [5.74, 6) is 0.464. The zero-order valence-corrected chi connectivity index (χ0v) is 12.7. The van der Waals surface area contributed by atoms with E-state index in [2.05, 4.69) is 4.98 Å². The first kappa shape index (κ1) is 13.7. The summed E-state index contributed by atoms with van der Waals surface area (Å²) in [6, 6.07) is 18.3. The van der Waals surface area contributed by atoms with Gasteiger partial charge in [0.2, 0.25) is 0 Å². The van der Waals surface area contributed by atoms with E-state index in [1.54, 1.807) is 35.6 Å². The molecule has 0 saturated carbocycles. The van der Waals surface area contributed by atoms with Crippen LogP contribution in [0.15, 0.2) is 65.1 Å². The van der Waals surface area contributed by atoms with Crippen LogP contribution in [0.5, 0.6) is 0 Å². The Kier molecular flexibility index (Phi) is 3.20. The van der Waals surface area contributed by atoms with Crippen molar-refractivity contribution >= 4 is 27.5 Å². The molecule has 4 rings (SSSR count). The molecule has 0 fully saturated rings. The second kappa shape index (κ2) is 5.37. The van der Waals surface area contributed by atoms with Crippen LogP contribution in [0.3, 0.4) is 0 Å². The van der Waals surface area contributed by atoms with E-state index in [-0.39, 0.29) is 5.56 Å². The fourth-order valence-corrected chi connectivity index (χ4v) is 3.29. The molecule has 2 aromatic carbocycles. The van der Waals surface area contributed by atoms with Gasteiger partial charge in [-0.05, 0) is 36.4 Å². The summed E-state index contributed by atoms with van der Waals surface area (Å²) in [5, 5.41) is 9.77. The lowest BCUT2D eigenvalue weighted by Crippen LogP contribution is -1.94. The van der Waals surface area contributed by atoms with E-state index in [9.17, 15) is 4.79 Å². The highest BCUT2D eigenvalue weighted by Gasteiger charge is 2.12. The van der Waals surface area contributed by atoms with E-state index < -0.39 is 5.97 Å². The number of aromatic nitrogens is 1. The van der Waals surface area contributed by atoms with Crippen molar-refractivity contribution in [2.75, 3.05) is 0 Å². The quantitative estimate of drug-likeness (QED) is 0.581. The number of hydrogen-bond donors (Lipinski definition) is 1. The second-order valence-electron chi connectivity index (χ2n) is 5.03. The van der Waals surface area contributed by atoms with Crippen molar-refractivity contribution in [2.24, 2.45) is 0 Å². The first-order chi connectivity index (χ1) is 11.2. The van der Waals surface area contributed by atoms with Crippen molar-refractivity contribution in [1.82, 2.24) is 4.98 Å². The minimum Gasteiger partial charge on any atom is -0.478 e. The van der Waals surface area contributed by atoms with E-state index in [0.717, 1.165) is 20.8 Å². The van der Waals surface area contributed by atoms with Gasteiger partial charge in [-0.1, -0.05) is 24.3 Å². The molecule has 2 heterocycles. The molecule has 4 nitrogen and oxygen atoms in total. The first-order valence-corrected chi connectivity index (χ1v) is 7.82. The fraction of sp³-hybridized carbons (Fsp3) is 0. The van der Waals surface area contributed by atoms with Crippen molar-refractivity contribution in [2.45, 2.75) is 0 Å². The zero-order chi connectivity index (χ0) is 15.8. The van der Waals surface area contributed by atoms with Crippen LogP contribution in [0, 0.1) is 0 Å². The van der Waals surface area contributed by atoms with Crippen LogP contribution in [0.1, 0.15) is 10.4 Å². The zero-order valence-electron chi connectivity index (χ0n) is 11.9. The average molecular weight is 321 g/mol. The third kappa shape index (κ3) is 2.51. The van der Waals surface area contributed by atoms with E-state index in [1.807, 2.05) is 36.4 Å². The molecule has 0 spiro atoms. The summed E-state index contributed by atoms with van der Waals surface area (Å²) < 4.78 is 7.00. The van der Waals surface area contributed by atoms with Gasteiger partial charge in [-0.15, -0.1) is 11.3 Å². The normalized spacial score (nSPS) is 11.0. The number of furan rings is 1. The van der Waals surface area contributed by atoms with Gasteiger partial charge in [0.25, 0.3) is 0 Å². The molecule has 5 heteroatoms. The molecule has 0 saturated heterocycles. The van der Waals surface area contributed by atoms with Crippen molar-refractivity contribution < 1.29 is 14.3 Å². The summed E-state index contributed by atoms with van der Waals surface area (Å²) in [6.07, 6.45) is 0. The largest absolute Gasteiger partial charge is 0.478 e. The van der Waals surface area contributed by atoms with Crippen LogP contribution in [0.4, 0.5) is 0 Å². The number of para-hydroxylation sites is 1. The number of carboxylic acids is 1. The highest BCUT2D eigenvalue weighted by molar-refractivity contribution is 7.21. The first-order valence-electron chi connectivity index (χ1n) is 7.00. The van der Waals surface area contributed by atoms with Gasteiger partial charge < -0.3 is 9.52 Å². The van der Waals surface area contributed by atoms with Crippen molar-refractivity contribution in [3.05, 3.63) is 66.2 Å². The van der Waals surface area contributed by atoms with Gasteiger partial charge in [0.1, 0.15) is 5.76 Å². The van der Waals surface area contributed by atoms with Gasteiger partial charge in [0.15, 0.2) is 10.8 Å². The van der Waals surface area contributed by atoms with Crippen LogP contribution in [0.2, 0.25) is 0 Å². The van der Waals surface area contributed by atoms with Gasteiger partial charge in [0.05, 0.1) is 15.8 Å². The Balaban J connectivity index is 1.69. The molecule has 0 amide bonds. The summed E-state index contributed by atoms with van der Waals surface area (Å²) in [7, 11) is 0. The van der Waals surface area contributed by atoms with Crippen molar-refractivity contribution in [3.63, 3.8) is 0 Å². The standard InChI is InChI=1S/C18H11NO3S/c20-18(21)12-7-5-11(6-8-12)14-9-10-15(22-14)17-19-13-3-1-2-4-16(13)23-17/h1-10H,(H,20,21). The Morgan fingerprint density at radius 2 is 1.70 bits per heavy atom. The highest BCUT2D eigenvalue weighted by Crippen LogP contribution is 2.33. The van der Waals surface area contributed by atoms with Gasteiger partial charge in [0, 0.05) is 5.56 Å². The number of nitrogens with zero attached hydrogens (tertiary/aromatic N) is 1. The van der Waals surface area contributed by atoms with E-state index in [0.29, 0.717) is 11.5 Å². The maximum atomic E-state index is 10.9. The Hall–Kier alpha value is -2.92. The lowest BCUT2D eigenvalue weighted by atomic mass is 10.1. The molecule has 112 valence electrons. The number of benzene rings is 2. The molecule has 0 radical (unpaired) electrons. The Bertz CT molecular complexity index is 965. The van der Waals surface area contributed by atoms with Gasteiger partial charge >= 0.3 is 5.97 Å². The monoisotopic (exact) mass is 321 g/mol.